The van der Waals surface area contributed by atoms with Gasteiger partial charge in [0.05, 0.1) is 12.7 Å². The fourth-order valence-corrected chi connectivity index (χ4v) is 1.68. The van der Waals surface area contributed by atoms with Crippen LogP contribution in [0.3, 0.4) is 0 Å². The number of rotatable bonds is 6. The molecule has 1 aromatic rings. The summed E-state index contributed by atoms with van der Waals surface area (Å²) in [5.74, 6) is 0.766. The Morgan fingerprint density at radius 3 is 2.75 bits per heavy atom. The first-order valence-corrected chi connectivity index (χ1v) is 5.58. The van der Waals surface area contributed by atoms with Crippen LogP contribution in [-0.2, 0) is 0 Å². The number of Topliss-reactive ketones (excluding diaryl/α,β-unsaturated/α-hetero) is 1. The van der Waals surface area contributed by atoms with Crippen molar-refractivity contribution in [3.63, 3.8) is 0 Å². The number of para-hydroxylation sites is 1. The maximum Gasteiger partial charge on any atom is 0.168 e. The number of nitrogens with one attached hydrogen (secondary N) is 1. The van der Waals surface area contributed by atoms with Gasteiger partial charge in [0.25, 0.3) is 0 Å². The number of ketones is 1. The molecule has 0 aliphatic carbocycles. The zero-order valence-electron chi connectivity index (χ0n) is 10.1. The van der Waals surface area contributed by atoms with Crippen molar-refractivity contribution in [2.45, 2.75) is 26.3 Å². The van der Waals surface area contributed by atoms with E-state index in [2.05, 4.69) is 5.32 Å². The molecule has 1 aromatic carbocycles. The van der Waals surface area contributed by atoms with Crippen LogP contribution < -0.4 is 10.1 Å². The minimum atomic E-state index is 0.117. The molecule has 1 unspecified atom stereocenters. The third-order valence-corrected chi connectivity index (χ3v) is 2.45. The van der Waals surface area contributed by atoms with Crippen molar-refractivity contribution in [2.75, 3.05) is 13.7 Å². The van der Waals surface area contributed by atoms with Crippen LogP contribution in [0, 0.1) is 0 Å². The zero-order chi connectivity index (χ0) is 12.0. The van der Waals surface area contributed by atoms with Gasteiger partial charge in [-0.3, -0.25) is 4.79 Å². The SMILES string of the molecule is CCNC(C)CC(=O)c1ccccc1OC. The van der Waals surface area contributed by atoms with Crippen molar-refractivity contribution >= 4 is 5.78 Å². The van der Waals surface area contributed by atoms with Crippen LogP contribution in [0.2, 0.25) is 0 Å². The van der Waals surface area contributed by atoms with Gasteiger partial charge in [-0.05, 0) is 25.6 Å². The van der Waals surface area contributed by atoms with Crippen molar-refractivity contribution in [2.24, 2.45) is 0 Å². The molecule has 1 atom stereocenters. The van der Waals surface area contributed by atoms with E-state index in [0.29, 0.717) is 17.7 Å². The first kappa shape index (κ1) is 12.7. The van der Waals surface area contributed by atoms with Gasteiger partial charge in [0.1, 0.15) is 5.75 Å². The molecule has 0 saturated carbocycles. The lowest BCUT2D eigenvalue weighted by atomic mass is 10.0. The molecule has 0 bridgehead atoms. The lowest BCUT2D eigenvalue weighted by Crippen LogP contribution is -2.28. The summed E-state index contributed by atoms with van der Waals surface area (Å²) < 4.78 is 5.17. The highest BCUT2D eigenvalue weighted by atomic mass is 16.5. The molecule has 0 fully saturated rings. The van der Waals surface area contributed by atoms with Crippen LogP contribution in [0.1, 0.15) is 30.6 Å². The normalized spacial score (nSPS) is 12.2. The highest BCUT2D eigenvalue weighted by Gasteiger charge is 2.14. The number of methoxy groups -OCH3 is 1. The lowest BCUT2D eigenvalue weighted by molar-refractivity contribution is 0.0969. The van der Waals surface area contributed by atoms with Crippen molar-refractivity contribution in [1.29, 1.82) is 0 Å². The summed E-state index contributed by atoms with van der Waals surface area (Å²) in [6.45, 7) is 4.92. The summed E-state index contributed by atoms with van der Waals surface area (Å²) >= 11 is 0. The van der Waals surface area contributed by atoms with Gasteiger partial charge in [0, 0.05) is 12.5 Å². The number of ether oxygens (including phenoxy) is 1. The quantitative estimate of drug-likeness (QED) is 0.749. The van der Waals surface area contributed by atoms with Crippen molar-refractivity contribution < 1.29 is 9.53 Å². The Morgan fingerprint density at radius 2 is 2.12 bits per heavy atom. The number of hydrogen-bond acceptors (Lipinski definition) is 3. The van der Waals surface area contributed by atoms with E-state index in [1.807, 2.05) is 32.0 Å². The van der Waals surface area contributed by atoms with E-state index in [1.165, 1.54) is 0 Å². The van der Waals surface area contributed by atoms with Crippen LogP contribution in [0.5, 0.6) is 5.75 Å². The lowest BCUT2D eigenvalue weighted by Gasteiger charge is -2.12. The number of carbonyl (C=O) groups excluding carboxylic acids is 1. The molecule has 0 heterocycles. The van der Waals surface area contributed by atoms with E-state index in [1.54, 1.807) is 13.2 Å². The average molecular weight is 221 g/mol. The second kappa shape index (κ2) is 6.28. The van der Waals surface area contributed by atoms with Crippen LogP contribution in [0.4, 0.5) is 0 Å². The summed E-state index contributed by atoms with van der Waals surface area (Å²) in [6.07, 6.45) is 0.494. The number of benzene rings is 1. The fourth-order valence-electron chi connectivity index (χ4n) is 1.68. The summed E-state index contributed by atoms with van der Waals surface area (Å²) in [5.41, 5.74) is 0.662. The Balaban J connectivity index is 2.72. The van der Waals surface area contributed by atoms with Crippen molar-refractivity contribution in [1.82, 2.24) is 5.32 Å². The second-order valence-electron chi connectivity index (χ2n) is 3.79. The van der Waals surface area contributed by atoms with Crippen LogP contribution in [-0.4, -0.2) is 25.5 Å². The fraction of sp³-hybridized carbons (Fsp3) is 0.462. The molecule has 1 N–H and O–H groups in total. The summed E-state index contributed by atoms with van der Waals surface area (Å²) in [5, 5.41) is 3.22. The van der Waals surface area contributed by atoms with Gasteiger partial charge in [-0.1, -0.05) is 19.1 Å². The number of hydrogen-bond donors (Lipinski definition) is 1. The molecular formula is C13H19NO2. The highest BCUT2D eigenvalue weighted by molar-refractivity contribution is 5.98. The molecule has 0 saturated heterocycles. The molecular weight excluding hydrogens is 202 g/mol. The third kappa shape index (κ3) is 3.35. The minimum absolute atomic E-state index is 0.117. The molecule has 0 aromatic heterocycles. The average Bonchev–Trinajstić information content (AvgIpc) is 2.29. The molecule has 0 aliphatic heterocycles. The van der Waals surface area contributed by atoms with E-state index >= 15 is 0 Å². The summed E-state index contributed by atoms with van der Waals surface area (Å²) in [7, 11) is 1.58. The summed E-state index contributed by atoms with van der Waals surface area (Å²) in [6, 6.07) is 7.53. The molecule has 0 aliphatic rings. The molecule has 88 valence electrons. The monoisotopic (exact) mass is 221 g/mol. The molecule has 0 radical (unpaired) electrons. The second-order valence-corrected chi connectivity index (χ2v) is 3.79. The maximum absolute atomic E-state index is 12.0. The molecule has 16 heavy (non-hydrogen) atoms. The zero-order valence-corrected chi connectivity index (χ0v) is 10.1. The smallest absolute Gasteiger partial charge is 0.168 e. The molecule has 0 spiro atoms. The predicted molar refractivity (Wildman–Crippen MR) is 65.1 cm³/mol. The Kier molecular flexibility index (Phi) is 4.99. The van der Waals surface area contributed by atoms with Gasteiger partial charge in [-0.25, -0.2) is 0 Å². The van der Waals surface area contributed by atoms with Crippen LogP contribution in [0.25, 0.3) is 0 Å². The van der Waals surface area contributed by atoms with E-state index in [9.17, 15) is 4.79 Å². The molecule has 3 heteroatoms. The number of carbonyl (C=O) groups is 1. The molecule has 0 amide bonds. The van der Waals surface area contributed by atoms with Gasteiger partial charge in [-0.15, -0.1) is 0 Å². The standard InChI is InChI=1S/C13H19NO2/c1-4-14-10(2)9-12(15)11-7-5-6-8-13(11)16-3/h5-8,10,14H,4,9H2,1-3H3. The Bertz CT molecular complexity index is 350. The van der Waals surface area contributed by atoms with Gasteiger partial charge < -0.3 is 10.1 Å². The first-order chi connectivity index (χ1) is 7.69. The van der Waals surface area contributed by atoms with Crippen LogP contribution >= 0.6 is 0 Å². The van der Waals surface area contributed by atoms with Crippen molar-refractivity contribution in [3.05, 3.63) is 29.8 Å². The molecule has 3 nitrogen and oxygen atoms in total. The van der Waals surface area contributed by atoms with Gasteiger partial charge in [0.15, 0.2) is 5.78 Å². The van der Waals surface area contributed by atoms with Crippen molar-refractivity contribution in [3.8, 4) is 5.75 Å². The first-order valence-electron chi connectivity index (χ1n) is 5.58. The van der Waals surface area contributed by atoms with Crippen LogP contribution in [0.15, 0.2) is 24.3 Å². The highest BCUT2D eigenvalue weighted by Crippen LogP contribution is 2.19. The minimum Gasteiger partial charge on any atom is -0.496 e. The van der Waals surface area contributed by atoms with E-state index in [0.717, 1.165) is 6.54 Å². The topological polar surface area (TPSA) is 38.3 Å². The van der Waals surface area contributed by atoms with E-state index < -0.39 is 0 Å². The largest absolute Gasteiger partial charge is 0.496 e. The van der Waals surface area contributed by atoms with E-state index in [4.69, 9.17) is 4.74 Å². The van der Waals surface area contributed by atoms with Gasteiger partial charge in [-0.2, -0.15) is 0 Å². The van der Waals surface area contributed by atoms with E-state index in [-0.39, 0.29) is 11.8 Å². The van der Waals surface area contributed by atoms with Gasteiger partial charge in [0.2, 0.25) is 0 Å². The van der Waals surface area contributed by atoms with Gasteiger partial charge >= 0.3 is 0 Å². The Labute approximate surface area is 96.8 Å². The Hall–Kier alpha value is -1.35. The predicted octanol–water partition coefficient (Wildman–Crippen LogP) is 2.27. The maximum atomic E-state index is 12.0. The Morgan fingerprint density at radius 1 is 1.44 bits per heavy atom. The molecule has 1 rings (SSSR count). The summed E-state index contributed by atoms with van der Waals surface area (Å²) in [4.78, 5) is 12.0. The third-order valence-electron chi connectivity index (χ3n) is 2.45.